The van der Waals surface area contributed by atoms with Gasteiger partial charge in [-0.25, -0.2) is 9.97 Å². The van der Waals surface area contributed by atoms with Gasteiger partial charge in [0.1, 0.15) is 18.0 Å². The van der Waals surface area contributed by atoms with Gasteiger partial charge < -0.3 is 15.5 Å². The van der Waals surface area contributed by atoms with Crippen LogP contribution in [0.1, 0.15) is 45.1 Å². The first kappa shape index (κ1) is 15.5. The summed E-state index contributed by atoms with van der Waals surface area (Å²) in [5, 5.41) is 6.29. The molecule has 2 rings (SSSR count). The molecule has 6 nitrogen and oxygen atoms in total. The first-order chi connectivity index (χ1) is 10.1. The van der Waals surface area contributed by atoms with Gasteiger partial charge in [0, 0.05) is 38.2 Å². The molecule has 1 aromatic heterocycles. The zero-order valence-corrected chi connectivity index (χ0v) is 13.1. The number of rotatable bonds is 5. The van der Waals surface area contributed by atoms with Crippen LogP contribution in [0.25, 0.3) is 0 Å². The van der Waals surface area contributed by atoms with E-state index in [0.29, 0.717) is 25.4 Å². The number of aromatic nitrogens is 2. The van der Waals surface area contributed by atoms with Crippen molar-refractivity contribution in [3.8, 4) is 0 Å². The topological polar surface area (TPSA) is 70.2 Å². The van der Waals surface area contributed by atoms with E-state index < -0.39 is 0 Å². The molecule has 21 heavy (non-hydrogen) atoms. The summed E-state index contributed by atoms with van der Waals surface area (Å²) in [5.74, 6) is 2.31. The van der Waals surface area contributed by atoms with Gasteiger partial charge in [-0.1, -0.05) is 20.8 Å². The molecule has 1 saturated heterocycles. The normalized spacial score (nSPS) is 15.8. The second-order valence-electron chi connectivity index (χ2n) is 5.63. The number of carbonyl (C=O) groups excluding carboxylic acids is 1. The van der Waals surface area contributed by atoms with Gasteiger partial charge in [-0.05, 0) is 12.3 Å². The average Bonchev–Trinajstić information content (AvgIpc) is 2.69. The Morgan fingerprint density at radius 2 is 2.19 bits per heavy atom. The van der Waals surface area contributed by atoms with E-state index in [1.165, 1.54) is 0 Å². The second-order valence-corrected chi connectivity index (χ2v) is 5.63. The molecule has 0 saturated carbocycles. The minimum atomic E-state index is 0.113. The molecule has 1 amide bonds. The molecule has 0 radical (unpaired) electrons. The lowest BCUT2D eigenvalue weighted by Crippen LogP contribution is -2.30. The summed E-state index contributed by atoms with van der Waals surface area (Å²) in [4.78, 5) is 22.6. The van der Waals surface area contributed by atoms with Crippen molar-refractivity contribution < 1.29 is 4.79 Å². The Morgan fingerprint density at radius 1 is 1.38 bits per heavy atom. The summed E-state index contributed by atoms with van der Waals surface area (Å²) in [6, 6.07) is 0. The molecule has 1 aliphatic heterocycles. The fraction of sp³-hybridized carbons (Fsp3) is 0.667. The summed E-state index contributed by atoms with van der Waals surface area (Å²) < 4.78 is 0. The second kappa shape index (κ2) is 7.24. The number of nitrogens with zero attached hydrogens (tertiary/aromatic N) is 3. The van der Waals surface area contributed by atoms with Crippen LogP contribution in [0.15, 0.2) is 6.33 Å². The highest BCUT2D eigenvalue weighted by molar-refractivity contribution is 5.77. The Balaban J connectivity index is 2.30. The largest absolute Gasteiger partial charge is 0.370 e. The van der Waals surface area contributed by atoms with Gasteiger partial charge in [0.25, 0.3) is 0 Å². The maximum absolute atomic E-state index is 11.5. The van der Waals surface area contributed by atoms with Crippen LogP contribution in [-0.4, -0.2) is 42.1 Å². The van der Waals surface area contributed by atoms with Crippen LogP contribution in [0.5, 0.6) is 0 Å². The van der Waals surface area contributed by atoms with E-state index in [2.05, 4.69) is 46.3 Å². The Labute approximate surface area is 126 Å². The summed E-state index contributed by atoms with van der Waals surface area (Å²) in [6.07, 6.45) is 3.18. The van der Waals surface area contributed by atoms with E-state index >= 15 is 0 Å². The van der Waals surface area contributed by atoms with Gasteiger partial charge in [0.05, 0.1) is 0 Å². The molecule has 0 aromatic carbocycles. The van der Waals surface area contributed by atoms with E-state index in [1.54, 1.807) is 6.33 Å². The summed E-state index contributed by atoms with van der Waals surface area (Å²) >= 11 is 0. The van der Waals surface area contributed by atoms with Crippen molar-refractivity contribution in [1.82, 2.24) is 15.3 Å². The van der Waals surface area contributed by atoms with Crippen molar-refractivity contribution in [3.63, 3.8) is 0 Å². The van der Waals surface area contributed by atoms with Crippen molar-refractivity contribution in [1.29, 1.82) is 0 Å². The monoisotopic (exact) mass is 291 g/mol. The summed E-state index contributed by atoms with van der Waals surface area (Å²) in [5.41, 5.74) is 1.14. The third kappa shape index (κ3) is 3.83. The molecule has 116 valence electrons. The van der Waals surface area contributed by atoms with E-state index in [0.717, 1.165) is 36.7 Å². The van der Waals surface area contributed by atoms with Crippen molar-refractivity contribution in [2.45, 2.75) is 39.5 Å². The standard InChI is InChI=1S/C15H25N5O/c1-4-6-17-14-13(11(2)3)15(19-10-18-14)20-8-5-12(21)16-7-9-20/h10-11H,4-9H2,1-3H3,(H,16,21)(H,17,18,19). The highest BCUT2D eigenvalue weighted by Gasteiger charge is 2.21. The van der Waals surface area contributed by atoms with Crippen LogP contribution >= 0.6 is 0 Å². The van der Waals surface area contributed by atoms with Crippen molar-refractivity contribution in [3.05, 3.63) is 11.9 Å². The smallest absolute Gasteiger partial charge is 0.221 e. The van der Waals surface area contributed by atoms with Crippen LogP contribution in [0.4, 0.5) is 11.6 Å². The molecule has 0 unspecified atom stereocenters. The third-order valence-electron chi connectivity index (χ3n) is 3.59. The summed E-state index contributed by atoms with van der Waals surface area (Å²) in [6.45, 7) is 9.50. The first-order valence-corrected chi connectivity index (χ1v) is 7.73. The lowest BCUT2D eigenvalue weighted by atomic mass is 10.0. The van der Waals surface area contributed by atoms with E-state index in [1.807, 2.05) is 0 Å². The van der Waals surface area contributed by atoms with Crippen molar-refractivity contribution in [2.75, 3.05) is 36.4 Å². The molecular weight excluding hydrogens is 266 g/mol. The lowest BCUT2D eigenvalue weighted by molar-refractivity contribution is -0.120. The molecule has 0 spiro atoms. The lowest BCUT2D eigenvalue weighted by Gasteiger charge is -2.26. The van der Waals surface area contributed by atoms with Crippen LogP contribution in [0.3, 0.4) is 0 Å². The Hall–Kier alpha value is -1.85. The number of carbonyl (C=O) groups is 1. The molecule has 1 aromatic rings. The summed E-state index contributed by atoms with van der Waals surface area (Å²) in [7, 11) is 0. The maximum Gasteiger partial charge on any atom is 0.221 e. The predicted octanol–water partition coefficient (Wildman–Crippen LogP) is 1.75. The maximum atomic E-state index is 11.5. The minimum Gasteiger partial charge on any atom is -0.370 e. The zero-order valence-electron chi connectivity index (χ0n) is 13.1. The van der Waals surface area contributed by atoms with Gasteiger partial charge >= 0.3 is 0 Å². The fourth-order valence-corrected chi connectivity index (χ4v) is 2.53. The molecule has 0 atom stereocenters. The molecule has 2 N–H and O–H groups in total. The van der Waals surface area contributed by atoms with E-state index in [-0.39, 0.29) is 5.91 Å². The molecule has 6 heteroatoms. The van der Waals surface area contributed by atoms with Crippen LogP contribution < -0.4 is 15.5 Å². The number of hydrogen-bond acceptors (Lipinski definition) is 5. The van der Waals surface area contributed by atoms with Gasteiger partial charge in [0.15, 0.2) is 0 Å². The van der Waals surface area contributed by atoms with Crippen molar-refractivity contribution in [2.24, 2.45) is 0 Å². The van der Waals surface area contributed by atoms with Crippen LogP contribution in [0.2, 0.25) is 0 Å². The van der Waals surface area contributed by atoms with E-state index in [9.17, 15) is 4.79 Å². The Morgan fingerprint density at radius 3 is 2.90 bits per heavy atom. The van der Waals surface area contributed by atoms with Gasteiger partial charge in [-0.15, -0.1) is 0 Å². The number of amides is 1. The highest BCUT2D eigenvalue weighted by atomic mass is 16.1. The highest BCUT2D eigenvalue weighted by Crippen LogP contribution is 2.31. The number of anilines is 2. The molecule has 1 fully saturated rings. The molecule has 1 aliphatic rings. The quantitative estimate of drug-likeness (QED) is 0.865. The molecular formula is C15H25N5O. The van der Waals surface area contributed by atoms with Crippen LogP contribution in [0, 0.1) is 0 Å². The Kier molecular flexibility index (Phi) is 5.36. The molecule has 2 heterocycles. The number of nitrogens with one attached hydrogen (secondary N) is 2. The number of hydrogen-bond donors (Lipinski definition) is 2. The average molecular weight is 291 g/mol. The van der Waals surface area contributed by atoms with Crippen molar-refractivity contribution >= 4 is 17.5 Å². The molecule has 0 bridgehead atoms. The predicted molar refractivity (Wildman–Crippen MR) is 84.7 cm³/mol. The third-order valence-corrected chi connectivity index (χ3v) is 3.59. The first-order valence-electron chi connectivity index (χ1n) is 7.73. The fourth-order valence-electron chi connectivity index (χ4n) is 2.53. The Bertz CT molecular complexity index is 489. The van der Waals surface area contributed by atoms with Gasteiger partial charge in [-0.2, -0.15) is 0 Å². The molecule has 0 aliphatic carbocycles. The van der Waals surface area contributed by atoms with Gasteiger partial charge in [-0.3, -0.25) is 4.79 Å². The minimum absolute atomic E-state index is 0.113. The van der Waals surface area contributed by atoms with Gasteiger partial charge in [0.2, 0.25) is 5.91 Å². The van der Waals surface area contributed by atoms with Crippen LogP contribution in [-0.2, 0) is 4.79 Å². The zero-order chi connectivity index (χ0) is 15.2. The van der Waals surface area contributed by atoms with E-state index in [4.69, 9.17) is 0 Å². The SMILES string of the molecule is CCCNc1ncnc(N2CCNC(=O)CC2)c1C(C)C.